The van der Waals surface area contributed by atoms with Gasteiger partial charge >= 0.3 is 0 Å². The number of nitrogens with one attached hydrogen (secondary N) is 1. The van der Waals surface area contributed by atoms with Gasteiger partial charge in [-0.1, -0.05) is 6.07 Å². The predicted octanol–water partition coefficient (Wildman–Crippen LogP) is 1.87. The molecule has 1 N–H and O–H groups in total. The zero-order chi connectivity index (χ0) is 15.4. The van der Waals surface area contributed by atoms with Crippen molar-refractivity contribution in [3.8, 4) is 0 Å². The molecule has 22 heavy (non-hydrogen) atoms. The second kappa shape index (κ2) is 6.53. The molecule has 1 aliphatic heterocycles. The van der Waals surface area contributed by atoms with Crippen LogP contribution in [0.1, 0.15) is 15.9 Å². The van der Waals surface area contributed by atoms with E-state index in [1.165, 1.54) is 0 Å². The number of hydrogen-bond donors (Lipinski definition) is 1. The van der Waals surface area contributed by atoms with Gasteiger partial charge in [0, 0.05) is 31.0 Å². The summed E-state index contributed by atoms with van der Waals surface area (Å²) >= 11 is 0. The maximum atomic E-state index is 12.3. The van der Waals surface area contributed by atoms with Crippen LogP contribution in [0.3, 0.4) is 0 Å². The van der Waals surface area contributed by atoms with Crippen molar-refractivity contribution in [2.24, 2.45) is 0 Å². The van der Waals surface area contributed by atoms with Crippen molar-refractivity contribution in [2.45, 2.75) is 6.92 Å². The second-order valence-corrected chi connectivity index (χ2v) is 5.18. The van der Waals surface area contributed by atoms with E-state index in [0.717, 1.165) is 24.5 Å². The first-order valence-electron chi connectivity index (χ1n) is 7.25. The molecule has 0 spiro atoms. The van der Waals surface area contributed by atoms with E-state index in [1.54, 1.807) is 30.6 Å². The highest BCUT2D eigenvalue weighted by Gasteiger charge is 2.14. The summed E-state index contributed by atoms with van der Waals surface area (Å²) in [5, 5.41) is 2.79. The molecule has 0 bridgehead atoms. The predicted molar refractivity (Wildman–Crippen MR) is 84.2 cm³/mol. The molecule has 0 aliphatic carbocycles. The van der Waals surface area contributed by atoms with Crippen molar-refractivity contribution in [3.05, 3.63) is 47.8 Å². The molecule has 0 unspecified atom stereocenters. The molecule has 2 aromatic rings. The van der Waals surface area contributed by atoms with Crippen LogP contribution in [0.25, 0.3) is 0 Å². The van der Waals surface area contributed by atoms with Gasteiger partial charge in [-0.25, -0.2) is 9.97 Å². The number of ether oxygens (including phenoxy) is 1. The van der Waals surface area contributed by atoms with Crippen LogP contribution in [0.2, 0.25) is 0 Å². The molecule has 1 saturated heterocycles. The summed E-state index contributed by atoms with van der Waals surface area (Å²) in [6.07, 6.45) is 3.38. The second-order valence-electron chi connectivity index (χ2n) is 5.18. The van der Waals surface area contributed by atoms with Gasteiger partial charge in [-0.05, 0) is 30.7 Å². The van der Waals surface area contributed by atoms with E-state index < -0.39 is 0 Å². The molecule has 6 heteroatoms. The molecule has 3 rings (SSSR count). The van der Waals surface area contributed by atoms with Crippen molar-refractivity contribution in [3.63, 3.8) is 0 Å². The number of morpholine rings is 1. The summed E-state index contributed by atoms with van der Waals surface area (Å²) in [5.41, 5.74) is 1.62. The van der Waals surface area contributed by atoms with Crippen LogP contribution >= 0.6 is 0 Å². The van der Waals surface area contributed by atoms with Gasteiger partial charge in [0.05, 0.1) is 13.2 Å². The third-order valence-electron chi connectivity index (χ3n) is 3.50. The lowest BCUT2D eigenvalue weighted by molar-refractivity contribution is 0.102. The molecule has 6 nitrogen and oxygen atoms in total. The normalized spacial score (nSPS) is 14.7. The Kier molecular flexibility index (Phi) is 4.29. The lowest BCUT2D eigenvalue weighted by Crippen LogP contribution is -2.36. The first-order chi connectivity index (χ1) is 10.7. The summed E-state index contributed by atoms with van der Waals surface area (Å²) in [7, 11) is 0. The Morgan fingerprint density at radius 3 is 2.77 bits per heavy atom. The Bertz CT molecular complexity index is 651. The van der Waals surface area contributed by atoms with E-state index >= 15 is 0 Å². The maximum absolute atomic E-state index is 12.3. The summed E-state index contributed by atoms with van der Waals surface area (Å²) in [4.78, 5) is 22.9. The molecule has 2 aromatic heterocycles. The van der Waals surface area contributed by atoms with Crippen LogP contribution in [0.4, 0.5) is 11.6 Å². The summed E-state index contributed by atoms with van der Waals surface area (Å²) in [6.45, 7) is 4.90. The molecular weight excluding hydrogens is 280 g/mol. The minimum absolute atomic E-state index is 0.187. The lowest BCUT2D eigenvalue weighted by atomic mass is 10.2. The van der Waals surface area contributed by atoms with Crippen molar-refractivity contribution in [1.29, 1.82) is 0 Å². The largest absolute Gasteiger partial charge is 0.378 e. The zero-order valence-electron chi connectivity index (χ0n) is 12.5. The van der Waals surface area contributed by atoms with Gasteiger partial charge < -0.3 is 15.0 Å². The van der Waals surface area contributed by atoms with E-state index in [1.807, 2.05) is 13.0 Å². The quantitative estimate of drug-likeness (QED) is 0.937. The highest BCUT2D eigenvalue weighted by Crippen LogP contribution is 2.15. The van der Waals surface area contributed by atoms with Crippen LogP contribution in [0, 0.1) is 6.92 Å². The Labute approximate surface area is 129 Å². The zero-order valence-corrected chi connectivity index (χ0v) is 12.5. The number of pyridine rings is 2. The topological polar surface area (TPSA) is 67.4 Å². The van der Waals surface area contributed by atoms with Crippen molar-refractivity contribution in [2.75, 3.05) is 36.5 Å². The van der Waals surface area contributed by atoms with Crippen molar-refractivity contribution >= 4 is 17.5 Å². The summed E-state index contributed by atoms with van der Waals surface area (Å²) < 4.78 is 5.33. The van der Waals surface area contributed by atoms with Gasteiger partial charge in [0.15, 0.2) is 0 Å². The molecule has 1 aliphatic rings. The standard InChI is InChI=1S/C16H18N4O2/c1-12-2-3-14(18-11-12)19-16(21)13-4-5-17-15(10-13)20-6-8-22-9-7-20/h2-5,10-11H,6-9H2,1H3,(H,18,19,21). The smallest absolute Gasteiger partial charge is 0.257 e. The molecule has 1 fully saturated rings. The van der Waals surface area contributed by atoms with Crippen LogP contribution < -0.4 is 10.2 Å². The minimum Gasteiger partial charge on any atom is -0.378 e. The molecule has 1 amide bonds. The number of aromatic nitrogens is 2. The Morgan fingerprint density at radius 2 is 2.05 bits per heavy atom. The number of nitrogens with zero attached hydrogens (tertiary/aromatic N) is 3. The molecular formula is C16H18N4O2. The fourth-order valence-electron chi connectivity index (χ4n) is 2.26. The third-order valence-corrected chi connectivity index (χ3v) is 3.50. The SMILES string of the molecule is Cc1ccc(NC(=O)c2ccnc(N3CCOCC3)c2)nc1. The summed E-state index contributed by atoms with van der Waals surface area (Å²) in [6, 6.07) is 7.20. The van der Waals surface area contributed by atoms with E-state index in [9.17, 15) is 4.79 Å². The monoisotopic (exact) mass is 298 g/mol. The Morgan fingerprint density at radius 1 is 1.23 bits per heavy atom. The number of aryl methyl sites for hydroxylation is 1. The van der Waals surface area contributed by atoms with Gasteiger partial charge in [0.2, 0.25) is 0 Å². The lowest BCUT2D eigenvalue weighted by Gasteiger charge is -2.27. The molecule has 0 aromatic carbocycles. The first-order valence-corrected chi connectivity index (χ1v) is 7.25. The van der Waals surface area contributed by atoms with Crippen LogP contribution in [-0.2, 0) is 4.74 Å². The molecule has 0 atom stereocenters. The maximum Gasteiger partial charge on any atom is 0.257 e. The third kappa shape index (κ3) is 3.40. The average molecular weight is 298 g/mol. The Hall–Kier alpha value is -2.47. The number of carbonyl (C=O) groups excluding carboxylic acids is 1. The number of carbonyl (C=O) groups is 1. The van der Waals surface area contributed by atoms with Gasteiger partial charge in [0.1, 0.15) is 11.6 Å². The molecule has 0 radical (unpaired) electrons. The molecule has 0 saturated carbocycles. The summed E-state index contributed by atoms with van der Waals surface area (Å²) in [5.74, 6) is 1.15. The fraction of sp³-hybridized carbons (Fsp3) is 0.312. The van der Waals surface area contributed by atoms with E-state index in [2.05, 4.69) is 20.2 Å². The van der Waals surface area contributed by atoms with Gasteiger partial charge in [-0.3, -0.25) is 4.79 Å². The number of anilines is 2. The van der Waals surface area contributed by atoms with Gasteiger partial charge in [-0.2, -0.15) is 0 Å². The van der Waals surface area contributed by atoms with Crippen molar-refractivity contribution in [1.82, 2.24) is 9.97 Å². The van der Waals surface area contributed by atoms with Gasteiger partial charge in [-0.15, -0.1) is 0 Å². The van der Waals surface area contributed by atoms with Crippen LogP contribution in [0.5, 0.6) is 0 Å². The fourth-order valence-corrected chi connectivity index (χ4v) is 2.26. The Balaban J connectivity index is 1.73. The van der Waals surface area contributed by atoms with E-state index in [-0.39, 0.29) is 5.91 Å². The number of hydrogen-bond acceptors (Lipinski definition) is 5. The molecule has 3 heterocycles. The van der Waals surface area contributed by atoms with Crippen LogP contribution in [-0.4, -0.2) is 42.2 Å². The molecule has 114 valence electrons. The number of rotatable bonds is 3. The minimum atomic E-state index is -0.187. The number of amides is 1. The van der Waals surface area contributed by atoms with Gasteiger partial charge in [0.25, 0.3) is 5.91 Å². The average Bonchev–Trinajstić information content (AvgIpc) is 2.58. The van der Waals surface area contributed by atoms with Crippen molar-refractivity contribution < 1.29 is 9.53 Å². The highest BCUT2D eigenvalue weighted by molar-refractivity contribution is 6.04. The first kappa shape index (κ1) is 14.5. The van der Waals surface area contributed by atoms with E-state index in [4.69, 9.17) is 4.74 Å². The van der Waals surface area contributed by atoms with Crippen LogP contribution in [0.15, 0.2) is 36.7 Å². The highest BCUT2D eigenvalue weighted by atomic mass is 16.5. The van der Waals surface area contributed by atoms with E-state index in [0.29, 0.717) is 24.6 Å².